The van der Waals surface area contributed by atoms with Crippen LogP contribution < -0.4 is 0 Å². The molecule has 0 radical (unpaired) electrons. The molecule has 0 saturated heterocycles. The quantitative estimate of drug-likeness (QED) is 0.709. The number of hydrogen-bond donors (Lipinski definition) is 0. The van der Waals surface area contributed by atoms with Crippen LogP contribution >= 0.6 is 23.2 Å². The molecule has 0 aliphatic rings. The number of benzene rings is 2. The minimum absolute atomic E-state index is 0.0915. The Morgan fingerprint density at radius 1 is 1.17 bits per heavy atom. The topological polar surface area (TPSA) is 51.0 Å². The van der Waals surface area contributed by atoms with Crippen molar-refractivity contribution in [1.29, 1.82) is 0 Å². The summed E-state index contributed by atoms with van der Waals surface area (Å²) >= 11 is 12.1. The van der Waals surface area contributed by atoms with Gasteiger partial charge in [-0.15, -0.1) is 0 Å². The molecule has 0 spiro atoms. The second-order valence-electron chi connectivity index (χ2n) is 5.28. The Morgan fingerprint density at radius 3 is 2.54 bits per heavy atom. The molecular weight excluding hydrogens is 347 g/mol. The first kappa shape index (κ1) is 16.5. The second-order valence-corrected chi connectivity index (χ2v) is 6.13. The van der Waals surface area contributed by atoms with Crippen molar-refractivity contribution in [2.45, 2.75) is 6.54 Å². The first-order valence-corrected chi connectivity index (χ1v) is 7.94. The summed E-state index contributed by atoms with van der Waals surface area (Å²) in [7, 11) is 1.73. The smallest absolute Gasteiger partial charge is 0.253 e. The van der Waals surface area contributed by atoms with Gasteiger partial charge in [0.1, 0.15) is 12.7 Å². The molecule has 0 atom stereocenters. The third kappa shape index (κ3) is 3.58. The normalized spacial score (nSPS) is 10.6. The fourth-order valence-electron chi connectivity index (χ4n) is 2.30. The first-order valence-electron chi connectivity index (χ1n) is 7.19. The predicted molar refractivity (Wildman–Crippen MR) is 93.6 cm³/mol. The van der Waals surface area contributed by atoms with Crippen molar-refractivity contribution in [2.24, 2.45) is 0 Å². The molecule has 24 heavy (non-hydrogen) atoms. The van der Waals surface area contributed by atoms with E-state index < -0.39 is 0 Å². The van der Waals surface area contributed by atoms with Crippen LogP contribution in [0, 0.1) is 0 Å². The van der Waals surface area contributed by atoms with Crippen LogP contribution in [0.2, 0.25) is 10.0 Å². The molecule has 122 valence electrons. The zero-order valence-corrected chi connectivity index (χ0v) is 14.4. The van der Waals surface area contributed by atoms with E-state index in [0.717, 1.165) is 11.3 Å². The second kappa shape index (κ2) is 7.03. The summed E-state index contributed by atoms with van der Waals surface area (Å²) in [6.45, 7) is 0.402. The van der Waals surface area contributed by atoms with E-state index in [1.165, 1.54) is 6.33 Å². The van der Waals surface area contributed by atoms with E-state index in [1.807, 2.05) is 18.2 Å². The van der Waals surface area contributed by atoms with E-state index in [0.29, 0.717) is 22.2 Å². The van der Waals surface area contributed by atoms with E-state index in [1.54, 1.807) is 47.2 Å². The molecule has 0 aliphatic heterocycles. The molecule has 1 heterocycles. The number of rotatable bonds is 4. The maximum atomic E-state index is 12.5. The summed E-state index contributed by atoms with van der Waals surface area (Å²) in [6.07, 6.45) is 3.06. The molecule has 0 fully saturated rings. The van der Waals surface area contributed by atoms with Gasteiger partial charge in [0.05, 0.1) is 5.69 Å². The molecule has 5 nitrogen and oxygen atoms in total. The van der Waals surface area contributed by atoms with E-state index in [9.17, 15) is 4.79 Å². The fraction of sp³-hybridized carbons (Fsp3) is 0.118. The van der Waals surface area contributed by atoms with Crippen molar-refractivity contribution in [1.82, 2.24) is 19.7 Å². The summed E-state index contributed by atoms with van der Waals surface area (Å²) < 4.78 is 1.63. The van der Waals surface area contributed by atoms with Crippen LogP contribution in [0.3, 0.4) is 0 Å². The third-order valence-corrected chi connectivity index (χ3v) is 4.15. The summed E-state index contributed by atoms with van der Waals surface area (Å²) in [5, 5.41) is 5.17. The van der Waals surface area contributed by atoms with E-state index in [4.69, 9.17) is 23.2 Å². The first-order chi connectivity index (χ1) is 11.5. The Balaban J connectivity index is 1.73. The van der Waals surface area contributed by atoms with Crippen LogP contribution in [-0.2, 0) is 6.54 Å². The molecule has 0 N–H and O–H groups in total. The Kier molecular flexibility index (Phi) is 4.83. The number of carbonyl (C=O) groups excluding carboxylic acids is 1. The number of hydrogen-bond acceptors (Lipinski definition) is 3. The van der Waals surface area contributed by atoms with Crippen LogP contribution in [0.25, 0.3) is 5.69 Å². The SMILES string of the molecule is CN(Cc1ccc(Cl)cc1Cl)C(=O)c1ccc(-n2cncn2)cc1. The number of nitrogens with zero attached hydrogens (tertiary/aromatic N) is 4. The van der Waals surface area contributed by atoms with Gasteiger partial charge < -0.3 is 4.90 Å². The van der Waals surface area contributed by atoms with Gasteiger partial charge in [0.15, 0.2) is 0 Å². The Labute approximate surface area is 149 Å². The molecular formula is C17H14Cl2N4O. The highest BCUT2D eigenvalue weighted by atomic mass is 35.5. The van der Waals surface area contributed by atoms with Crippen molar-refractivity contribution in [3.63, 3.8) is 0 Å². The number of aromatic nitrogens is 3. The molecule has 1 aromatic heterocycles. The van der Waals surface area contributed by atoms with E-state index in [2.05, 4.69) is 10.1 Å². The monoisotopic (exact) mass is 360 g/mol. The Bertz CT molecular complexity index is 848. The minimum Gasteiger partial charge on any atom is -0.337 e. The van der Waals surface area contributed by atoms with Gasteiger partial charge in [0, 0.05) is 29.2 Å². The molecule has 2 aromatic carbocycles. The van der Waals surface area contributed by atoms with Gasteiger partial charge in [-0.1, -0.05) is 29.3 Å². The highest BCUT2D eigenvalue weighted by Gasteiger charge is 2.14. The lowest BCUT2D eigenvalue weighted by Gasteiger charge is -2.18. The van der Waals surface area contributed by atoms with E-state index >= 15 is 0 Å². The van der Waals surface area contributed by atoms with Gasteiger partial charge in [-0.05, 0) is 42.0 Å². The largest absolute Gasteiger partial charge is 0.337 e. The van der Waals surface area contributed by atoms with Gasteiger partial charge in [0.25, 0.3) is 5.91 Å². The Morgan fingerprint density at radius 2 is 1.92 bits per heavy atom. The summed E-state index contributed by atoms with van der Waals surface area (Å²) in [5.41, 5.74) is 2.27. The van der Waals surface area contributed by atoms with Gasteiger partial charge in [-0.25, -0.2) is 9.67 Å². The van der Waals surface area contributed by atoms with Gasteiger partial charge in [0.2, 0.25) is 0 Å². The van der Waals surface area contributed by atoms with Crippen molar-refractivity contribution < 1.29 is 4.79 Å². The number of amides is 1. The Hall–Kier alpha value is -2.37. The molecule has 1 amide bonds. The molecule has 0 unspecified atom stereocenters. The average Bonchev–Trinajstić information content (AvgIpc) is 3.11. The molecule has 0 bridgehead atoms. The lowest BCUT2D eigenvalue weighted by Crippen LogP contribution is -2.26. The predicted octanol–water partition coefficient (Wildman–Crippen LogP) is 3.85. The summed E-state index contributed by atoms with van der Waals surface area (Å²) in [4.78, 5) is 18.1. The summed E-state index contributed by atoms with van der Waals surface area (Å²) in [5.74, 6) is -0.0915. The average molecular weight is 361 g/mol. The maximum absolute atomic E-state index is 12.5. The summed E-state index contributed by atoms with van der Waals surface area (Å²) in [6, 6.07) is 12.4. The highest BCUT2D eigenvalue weighted by molar-refractivity contribution is 6.35. The van der Waals surface area contributed by atoms with Crippen molar-refractivity contribution in [2.75, 3.05) is 7.05 Å². The van der Waals surface area contributed by atoms with Crippen molar-refractivity contribution in [3.05, 3.63) is 76.3 Å². The molecule has 3 rings (SSSR count). The van der Waals surface area contributed by atoms with Gasteiger partial charge >= 0.3 is 0 Å². The van der Waals surface area contributed by atoms with Crippen molar-refractivity contribution in [3.8, 4) is 5.69 Å². The highest BCUT2D eigenvalue weighted by Crippen LogP contribution is 2.22. The van der Waals surface area contributed by atoms with Crippen LogP contribution in [0.1, 0.15) is 15.9 Å². The number of halogens is 2. The van der Waals surface area contributed by atoms with Crippen LogP contribution in [0.15, 0.2) is 55.1 Å². The van der Waals surface area contributed by atoms with Crippen LogP contribution in [0.4, 0.5) is 0 Å². The molecule has 0 aliphatic carbocycles. The number of carbonyl (C=O) groups is 1. The molecule has 0 saturated carbocycles. The lowest BCUT2D eigenvalue weighted by molar-refractivity contribution is 0.0785. The van der Waals surface area contributed by atoms with E-state index in [-0.39, 0.29) is 5.91 Å². The standard InChI is InChI=1S/C17H14Cl2N4O/c1-22(9-13-2-5-14(18)8-16(13)19)17(24)12-3-6-15(7-4-12)23-11-20-10-21-23/h2-8,10-11H,9H2,1H3. The van der Waals surface area contributed by atoms with Crippen LogP contribution in [-0.4, -0.2) is 32.6 Å². The van der Waals surface area contributed by atoms with Gasteiger partial charge in [-0.2, -0.15) is 5.10 Å². The van der Waals surface area contributed by atoms with Gasteiger partial charge in [-0.3, -0.25) is 4.79 Å². The fourth-order valence-corrected chi connectivity index (χ4v) is 2.76. The van der Waals surface area contributed by atoms with Crippen molar-refractivity contribution >= 4 is 29.1 Å². The lowest BCUT2D eigenvalue weighted by atomic mass is 10.1. The van der Waals surface area contributed by atoms with Crippen LogP contribution in [0.5, 0.6) is 0 Å². The zero-order chi connectivity index (χ0) is 17.1. The third-order valence-electron chi connectivity index (χ3n) is 3.57. The molecule has 7 heteroatoms. The molecule has 3 aromatic rings. The minimum atomic E-state index is -0.0915. The maximum Gasteiger partial charge on any atom is 0.253 e. The zero-order valence-electron chi connectivity index (χ0n) is 12.9.